The number of ether oxygens (including phenoxy) is 1. The normalized spacial score (nSPS) is 21.7. The van der Waals surface area contributed by atoms with Crippen molar-refractivity contribution in [3.63, 3.8) is 0 Å². The molecular formula is C13H16BrNO2. The van der Waals surface area contributed by atoms with Gasteiger partial charge in [-0.3, -0.25) is 0 Å². The lowest BCUT2D eigenvalue weighted by Crippen LogP contribution is -2.33. The summed E-state index contributed by atoms with van der Waals surface area (Å²) in [5.74, 6) is 0. The van der Waals surface area contributed by atoms with Gasteiger partial charge in [-0.25, -0.2) is 4.79 Å². The van der Waals surface area contributed by atoms with Crippen molar-refractivity contribution in [1.29, 1.82) is 0 Å². The standard InChI is InChI=1S/C13H16BrNO2/c1-13(2)6-5-8-7-9(14)3-4-10(8)11(13)17-12(15)16/h3-4,7,11H,5-6H2,1-2H3,(H2,15,16). The summed E-state index contributed by atoms with van der Waals surface area (Å²) in [7, 11) is 0. The highest BCUT2D eigenvalue weighted by Crippen LogP contribution is 2.46. The van der Waals surface area contributed by atoms with Gasteiger partial charge in [-0.2, -0.15) is 0 Å². The van der Waals surface area contributed by atoms with Gasteiger partial charge in [-0.1, -0.05) is 35.8 Å². The number of amides is 1. The molecule has 1 aromatic rings. The van der Waals surface area contributed by atoms with Crippen LogP contribution in [-0.2, 0) is 11.2 Å². The minimum absolute atomic E-state index is 0.0736. The molecule has 0 spiro atoms. The molecule has 0 saturated carbocycles. The number of carbonyl (C=O) groups is 1. The number of nitrogens with two attached hydrogens (primary N) is 1. The van der Waals surface area contributed by atoms with Crippen LogP contribution in [0, 0.1) is 5.41 Å². The first kappa shape index (κ1) is 12.4. The summed E-state index contributed by atoms with van der Waals surface area (Å²) in [6, 6.07) is 6.06. The van der Waals surface area contributed by atoms with Crippen LogP contribution in [-0.4, -0.2) is 6.09 Å². The Balaban J connectivity index is 2.43. The molecule has 92 valence electrons. The Labute approximate surface area is 109 Å². The van der Waals surface area contributed by atoms with Crippen molar-refractivity contribution in [1.82, 2.24) is 0 Å². The van der Waals surface area contributed by atoms with E-state index < -0.39 is 6.09 Å². The Morgan fingerprint density at radius 3 is 2.88 bits per heavy atom. The number of benzene rings is 1. The molecule has 2 N–H and O–H groups in total. The quantitative estimate of drug-likeness (QED) is 0.862. The topological polar surface area (TPSA) is 52.3 Å². The van der Waals surface area contributed by atoms with Crippen molar-refractivity contribution in [3.05, 3.63) is 33.8 Å². The first-order valence-corrected chi connectivity index (χ1v) is 6.44. The molecule has 17 heavy (non-hydrogen) atoms. The highest BCUT2D eigenvalue weighted by Gasteiger charge is 2.38. The van der Waals surface area contributed by atoms with E-state index in [4.69, 9.17) is 10.5 Å². The van der Waals surface area contributed by atoms with Crippen LogP contribution in [0.5, 0.6) is 0 Å². The highest BCUT2D eigenvalue weighted by molar-refractivity contribution is 9.10. The van der Waals surface area contributed by atoms with Crippen molar-refractivity contribution in [3.8, 4) is 0 Å². The van der Waals surface area contributed by atoms with E-state index in [1.54, 1.807) is 0 Å². The van der Waals surface area contributed by atoms with Crippen LogP contribution in [0.4, 0.5) is 4.79 Å². The third-order valence-corrected chi connectivity index (χ3v) is 3.86. The smallest absolute Gasteiger partial charge is 0.405 e. The van der Waals surface area contributed by atoms with Gasteiger partial charge in [0.25, 0.3) is 0 Å². The summed E-state index contributed by atoms with van der Waals surface area (Å²) in [5.41, 5.74) is 7.39. The minimum atomic E-state index is -0.709. The fourth-order valence-corrected chi connectivity index (χ4v) is 2.80. The van der Waals surface area contributed by atoms with Crippen LogP contribution < -0.4 is 5.73 Å². The lowest BCUT2D eigenvalue weighted by Gasteiger charge is -2.38. The van der Waals surface area contributed by atoms with Crippen molar-refractivity contribution in [2.24, 2.45) is 11.1 Å². The Kier molecular flexibility index (Phi) is 3.17. The van der Waals surface area contributed by atoms with E-state index >= 15 is 0 Å². The fraction of sp³-hybridized carbons (Fsp3) is 0.462. The zero-order valence-electron chi connectivity index (χ0n) is 10.00. The summed E-state index contributed by atoms with van der Waals surface area (Å²) in [6.07, 6.45) is 1.02. The summed E-state index contributed by atoms with van der Waals surface area (Å²) in [5, 5.41) is 0. The Bertz CT molecular complexity index is 457. The second kappa shape index (κ2) is 4.33. The van der Waals surface area contributed by atoms with Gasteiger partial charge in [0.05, 0.1) is 0 Å². The summed E-state index contributed by atoms with van der Waals surface area (Å²) in [6.45, 7) is 4.21. The highest BCUT2D eigenvalue weighted by atomic mass is 79.9. The maximum atomic E-state index is 11.0. The number of carbonyl (C=O) groups excluding carboxylic acids is 1. The molecule has 2 rings (SSSR count). The van der Waals surface area contributed by atoms with Gasteiger partial charge in [0.2, 0.25) is 0 Å². The Morgan fingerprint density at radius 1 is 1.53 bits per heavy atom. The van der Waals surface area contributed by atoms with Crippen molar-refractivity contribution in [2.75, 3.05) is 0 Å². The third kappa shape index (κ3) is 2.46. The summed E-state index contributed by atoms with van der Waals surface area (Å²) in [4.78, 5) is 11.0. The molecule has 4 heteroatoms. The molecule has 0 radical (unpaired) electrons. The molecule has 1 aliphatic rings. The third-order valence-electron chi connectivity index (χ3n) is 3.37. The predicted molar refractivity (Wildman–Crippen MR) is 69.7 cm³/mol. The van der Waals surface area contributed by atoms with Gasteiger partial charge in [0.15, 0.2) is 0 Å². The number of fused-ring (bicyclic) bond motifs is 1. The molecule has 0 heterocycles. The van der Waals surface area contributed by atoms with Gasteiger partial charge >= 0.3 is 6.09 Å². The molecule has 0 fully saturated rings. The maximum Gasteiger partial charge on any atom is 0.405 e. The van der Waals surface area contributed by atoms with Crippen LogP contribution in [0.3, 0.4) is 0 Å². The molecule has 0 bridgehead atoms. The van der Waals surface area contributed by atoms with Crippen LogP contribution in [0.25, 0.3) is 0 Å². The maximum absolute atomic E-state index is 11.0. The van der Waals surface area contributed by atoms with E-state index in [9.17, 15) is 4.79 Å². The van der Waals surface area contributed by atoms with Crippen LogP contribution in [0.15, 0.2) is 22.7 Å². The summed E-state index contributed by atoms with van der Waals surface area (Å²) < 4.78 is 6.35. The van der Waals surface area contributed by atoms with E-state index in [1.807, 2.05) is 12.1 Å². The molecular weight excluding hydrogens is 282 g/mol. The van der Waals surface area contributed by atoms with E-state index in [-0.39, 0.29) is 11.5 Å². The minimum Gasteiger partial charge on any atom is -0.441 e. The fourth-order valence-electron chi connectivity index (χ4n) is 2.39. The van der Waals surface area contributed by atoms with E-state index in [2.05, 4.69) is 35.8 Å². The molecule has 3 nitrogen and oxygen atoms in total. The van der Waals surface area contributed by atoms with Gasteiger partial charge < -0.3 is 10.5 Å². The second-order valence-electron chi connectivity index (χ2n) is 5.15. The van der Waals surface area contributed by atoms with Crippen molar-refractivity contribution in [2.45, 2.75) is 32.8 Å². The molecule has 1 aromatic carbocycles. The predicted octanol–water partition coefficient (Wildman–Crippen LogP) is 3.56. The lowest BCUT2D eigenvalue weighted by molar-refractivity contribution is 0.0147. The zero-order valence-corrected chi connectivity index (χ0v) is 11.6. The van der Waals surface area contributed by atoms with Crippen molar-refractivity contribution < 1.29 is 9.53 Å². The Morgan fingerprint density at radius 2 is 2.24 bits per heavy atom. The van der Waals surface area contributed by atoms with Gasteiger partial charge in [-0.05, 0) is 36.1 Å². The number of primary amides is 1. The Hall–Kier alpha value is -1.03. The van der Waals surface area contributed by atoms with E-state index in [0.717, 1.165) is 22.9 Å². The number of aryl methyl sites for hydroxylation is 1. The first-order chi connectivity index (χ1) is 7.90. The van der Waals surface area contributed by atoms with Crippen LogP contribution >= 0.6 is 15.9 Å². The monoisotopic (exact) mass is 297 g/mol. The average molecular weight is 298 g/mol. The van der Waals surface area contributed by atoms with Crippen LogP contribution in [0.2, 0.25) is 0 Å². The number of rotatable bonds is 1. The number of hydrogen-bond donors (Lipinski definition) is 1. The molecule has 1 amide bonds. The molecule has 0 aromatic heterocycles. The lowest BCUT2D eigenvalue weighted by atomic mass is 9.72. The van der Waals surface area contributed by atoms with Gasteiger partial charge in [0, 0.05) is 9.89 Å². The molecule has 0 aliphatic heterocycles. The van der Waals surface area contributed by atoms with Crippen LogP contribution in [0.1, 0.15) is 37.5 Å². The zero-order chi connectivity index (χ0) is 12.6. The van der Waals surface area contributed by atoms with E-state index in [1.165, 1.54) is 5.56 Å². The molecule has 1 unspecified atom stereocenters. The first-order valence-electron chi connectivity index (χ1n) is 5.64. The molecule has 1 aliphatic carbocycles. The largest absolute Gasteiger partial charge is 0.441 e. The molecule has 1 atom stereocenters. The second-order valence-corrected chi connectivity index (χ2v) is 6.06. The van der Waals surface area contributed by atoms with E-state index in [0.29, 0.717) is 0 Å². The average Bonchev–Trinajstić information content (AvgIpc) is 2.22. The molecule has 0 saturated heterocycles. The summed E-state index contributed by atoms with van der Waals surface area (Å²) >= 11 is 3.46. The van der Waals surface area contributed by atoms with Gasteiger partial charge in [-0.15, -0.1) is 0 Å². The number of hydrogen-bond acceptors (Lipinski definition) is 2. The van der Waals surface area contributed by atoms with Gasteiger partial charge in [0.1, 0.15) is 6.10 Å². The number of halogens is 1. The van der Waals surface area contributed by atoms with Crippen molar-refractivity contribution >= 4 is 22.0 Å². The SMILES string of the molecule is CC1(C)CCc2cc(Br)ccc2C1OC(N)=O.